The molecule has 0 N–H and O–H groups in total. The molecule has 0 bridgehead atoms. The van der Waals surface area contributed by atoms with Crippen molar-refractivity contribution in [2.75, 3.05) is 21.7 Å². The summed E-state index contributed by atoms with van der Waals surface area (Å²) in [5.41, 5.74) is 15.9. The van der Waals surface area contributed by atoms with Crippen LogP contribution in [0.25, 0.3) is 27.9 Å². The number of anilines is 5. The molecule has 0 unspecified atom stereocenters. The van der Waals surface area contributed by atoms with Gasteiger partial charge in [-0.25, -0.2) is 0 Å². The van der Waals surface area contributed by atoms with E-state index < -0.39 is 0 Å². The van der Waals surface area contributed by atoms with E-state index in [2.05, 4.69) is 151 Å². The molecule has 0 saturated carbocycles. The Balaban J connectivity index is 0.00000289. The summed E-state index contributed by atoms with van der Waals surface area (Å²) in [5.74, 6) is 0. The monoisotopic (exact) mass is 658 g/mol. The van der Waals surface area contributed by atoms with Gasteiger partial charge in [0.05, 0.1) is 5.69 Å². The van der Waals surface area contributed by atoms with Crippen molar-refractivity contribution in [2.24, 2.45) is 0 Å². The van der Waals surface area contributed by atoms with Gasteiger partial charge in [-0.1, -0.05) is 94.1 Å². The van der Waals surface area contributed by atoms with E-state index in [0.29, 0.717) is 0 Å². The van der Waals surface area contributed by atoms with E-state index in [1.165, 1.54) is 38.9 Å². The molecule has 44 heavy (non-hydrogen) atoms. The van der Waals surface area contributed by atoms with Gasteiger partial charge < -0.3 is 14.6 Å². The van der Waals surface area contributed by atoms with Crippen molar-refractivity contribution in [1.82, 2.24) is 9.78 Å². The van der Waals surface area contributed by atoms with E-state index in [-0.39, 0.29) is 27.3 Å². The van der Waals surface area contributed by atoms with Crippen LogP contribution in [0, 0.1) is 32.6 Å². The van der Waals surface area contributed by atoms with Gasteiger partial charge in [0.15, 0.2) is 0 Å². The Morgan fingerprint density at radius 1 is 0.659 bits per heavy atom. The van der Waals surface area contributed by atoms with Gasteiger partial charge in [-0.2, -0.15) is 23.9 Å². The molecule has 0 radical (unpaired) electrons. The minimum atomic E-state index is -0.0108. The number of rotatable bonds is 2. The molecule has 5 nitrogen and oxygen atoms in total. The Bertz CT molecular complexity index is 2100. The second-order valence-corrected chi connectivity index (χ2v) is 11.6. The molecule has 0 atom stereocenters. The summed E-state index contributed by atoms with van der Waals surface area (Å²) in [6, 6.07) is 44.8. The standard InChI is InChI=1S/C37H27BN5.Pd/c1-24-20-25(2)43(39-24)27-17-19-31-29-11-5-7-13-33(29)38-32-12-6-4-10-28(32)30-18-16-26(21-36(30)42(38)37(31)22-27)41-23-40(3)34-14-8-9-15-35(34)41;/h4-20,23H,1-3H3;/q-3;. The summed E-state index contributed by atoms with van der Waals surface area (Å²) in [5, 5.41) is 4.80. The van der Waals surface area contributed by atoms with E-state index in [4.69, 9.17) is 5.10 Å². The minimum absolute atomic E-state index is 0. The molecular weight excluding hydrogens is 632 g/mol. The number of aryl methyl sites for hydroxylation is 2. The Labute approximate surface area is 272 Å². The summed E-state index contributed by atoms with van der Waals surface area (Å²) in [4.78, 5) is 6.86. The third-order valence-corrected chi connectivity index (χ3v) is 8.96. The van der Waals surface area contributed by atoms with E-state index >= 15 is 0 Å². The van der Waals surface area contributed by atoms with Gasteiger partial charge in [-0.05, 0) is 44.8 Å². The van der Waals surface area contributed by atoms with Gasteiger partial charge >= 0.3 is 6.85 Å². The largest absolute Gasteiger partial charge is 0.504 e. The number of nitrogens with zero attached hydrogens (tertiary/aromatic N) is 5. The maximum Gasteiger partial charge on any atom is 0.324 e. The molecule has 0 spiro atoms. The zero-order chi connectivity index (χ0) is 28.8. The molecule has 0 amide bonds. The predicted molar refractivity (Wildman–Crippen MR) is 176 cm³/mol. The Kier molecular flexibility index (Phi) is 6.13. The van der Waals surface area contributed by atoms with Crippen molar-refractivity contribution in [3.63, 3.8) is 0 Å². The van der Waals surface area contributed by atoms with E-state index in [1.54, 1.807) is 0 Å². The van der Waals surface area contributed by atoms with Crippen molar-refractivity contribution in [3.8, 4) is 27.9 Å². The third-order valence-electron chi connectivity index (χ3n) is 8.96. The quantitative estimate of drug-likeness (QED) is 0.153. The van der Waals surface area contributed by atoms with Gasteiger partial charge in [0.2, 0.25) is 0 Å². The van der Waals surface area contributed by atoms with Crippen molar-refractivity contribution in [2.45, 2.75) is 13.8 Å². The molecule has 1 aromatic heterocycles. The van der Waals surface area contributed by atoms with Gasteiger partial charge in [0.1, 0.15) is 0 Å². The fraction of sp³-hybridized carbons (Fsp3) is 0.0811. The molecule has 4 heterocycles. The molecule has 0 aliphatic carbocycles. The Morgan fingerprint density at radius 3 is 1.86 bits per heavy atom. The SMILES string of the molecule is Cc1cc(C)n(-c2[c-]c3c(cc2)-c2ccccc2B2c4ccccc4-c4ccc(N5[CH-]N(C)c6ccccc65)[c-]c4N23)n1.[Pd]. The van der Waals surface area contributed by atoms with Gasteiger partial charge in [0, 0.05) is 37.5 Å². The first-order valence-corrected chi connectivity index (χ1v) is 14.7. The first-order valence-electron chi connectivity index (χ1n) is 14.7. The molecule has 3 aliphatic rings. The van der Waals surface area contributed by atoms with Crippen LogP contribution in [-0.4, -0.2) is 23.7 Å². The summed E-state index contributed by atoms with van der Waals surface area (Å²) < 4.78 is 2.00. The van der Waals surface area contributed by atoms with Crippen molar-refractivity contribution in [3.05, 3.63) is 133 Å². The van der Waals surface area contributed by atoms with Crippen LogP contribution < -0.4 is 25.5 Å². The van der Waals surface area contributed by atoms with Gasteiger partial charge in [-0.3, -0.25) is 4.68 Å². The van der Waals surface area contributed by atoms with Crippen LogP contribution in [0.1, 0.15) is 11.4 Å². The molecule has 0 fully saturated rings. The number of para-hydroxylation sites is 2. The maximum atomic E-state index is 4.80. The molecule has 3 aliphatic heterocycles. The minimum Gasteiger partial charge on any atom is -0.504 e. The van der Waals surface area contributed by atoms with Gasteiger partial charge in [0.25, 0.3) is 0 Å². The fourth-order valence-corrected chi connectivity index (χ4v) is 7.13. The third kappa shape index (κ3) is 3.80. The number of hydrogen-bond donors (Lipinski definition) is 0. The zero-order valence-corrected chi connectivity index (χ0v) is 26.1. The normalized spacial score (nSPS) is 13.8. The fourth-order valence-electron chi connectivity index (χ4n) is 7.13. The summed E-state index contributed by atoms with van der Waals surface area (Å²) >= 11 is 0. The van der Waals surface area contributed by atoms with E-state index in [1.807, 2.05) is 11.6 Å². The number of benzene rings is 5. The number of fused-ring (bicyclic) bond motifs is 12. The second kappa shape index (κ2) is 9.99. The van der Waals surface area contributed by atoms with E-state index in [9.17, 15) is 0 Å². The first kappa shape index (κ1) is 27.0. The van der Waals surface area contributed by atoms with Crippen LogP contribution in [-0.2, 0) is 20.4 Å². The molecule has 6 aromatic rings. The van der Waals surface area contributed by atoms with Crippen LogP contribution in [0.2, 0.25) is 0 Å². The second-order valence-electron chi connectivity index (χ2n) is 11.6. The number of aromatic nitrogens is 2. The van der Waals surface area contributed by atoms with Gasteiger partial charge in [-0.15, -0.1) is 41.1 Å². The predicted octanol–water partition coefficient (Wildman–Crippen LogP) is 6.70. The molecule has 9 rings (SSSR count). The topological polar surface area (TPSA) is 27.5 Å². The molecule has 0 saturated heterocycles. The molecule has 216 valence electrons. The van der Waals surface area contributed by atoms with Crippen LogP contribution in [0.3, 0.4) is 0 Å². The summed E-state index contributed by atoms with van der Waals surface area (Å²) in [7, 11) is 2.09. The smallest absolute Gasteiger partial charge is 0.324 e. The maximum absolute atomic E-state index is 4.80. The van der Waals surface area contributed by atoms with Crippen LogP contribution in [0.5, 0.6) is 0 Å². The number of hydrogen-bond acceptors (Lipinski definition) is 4. The Hall–Kier alpha value is -4.56. The van der Waals surface area contributed by atoms with Crippen LogP contribution in [0.15, 0.2) is 103 Å². The van der Waals surface area contributed by atoms with Crippen molar-refractivity contribution >= 4 is 46.2 Å². The Morgan fingerprint density at radius 2 is 1.23 bits per heavy atom. The average molecular weight is 659 g/mol. The van der Waals surface area contributed by atoms with Crippen molar-refractivity contribution < 1.29 is 20.4 Å². The first-order chi connectivity index (χ1) is 21.1. The molecular formula is C37H27BN5Pd-3. The summed E-state index contributed by atoms with van der Waals surface area (Å²) in [6.45, 7) is 6.26. The molecule has 5 aromatic carbocycles. The van der Waals surface area contributed by atoms with Crippen LogP contribution >= 0.6 is 0 Å². The van der Waals surface area contributed by atoms with E-state index in [0.717, 1.165) is 39.8 Å². The average Bonchev–Trinajstić information content (AvgIpc) is 3.57. The van der Waals surface area contributed by atoms with Crippen molar-refractivity contribution in [1.29, 1.82) is 0 Å². The molecule has 7 heteroatoms. The zero-order valence-electron chi connectivity index (χ0n) is 24.5. The van der Waals surface area contributed by atoms with Crippen LogP contribution in [0.4, 0.5) is 28.4 Å². The summed E-state index contributed by atoms with van der Waals surface area (Å²) in [6.07, 6.45) is 0.